The van der Waals surface area contributed by atoms with Crippen molar-refractivity contribution in [1.82, 2.24) is 0 Å². The standard InChI is InChI=1S/C12H18NO4P/c13-11(18(16,17)9-8-12(14)15)7-6-10-4-2-1-3-5-10/h1-5,11H,6-9,13H2,(H,14,15)(H,16,17)/t11-/m1/s1. The highest BCUT2D eigenvalue weighted by atomic mass is 31.2. The number of carboxylic acid groups (broad SMARTS) is 1. The highest BCUT2D eigenvalue weighted by molar-refractivity contribution is 7.58. The van der Waals surface area contributed by atoms with Crippen LogP contribution in [0.1, 0.15) is 18.4 Å². The van der Waals surface area contributed by atoms with E-state index in [9.17, 15) is 14.3 Å². The SMILES string of the molecule is N[C@@H](CCc1ccccc1)P(=O)(O)CCC(=O)O. The van der Waals surface area contributed by atoms with Crippen LogP contribution in [-0.4, -0.2) is 27.9 Å². The second kappa shape index (κ2) is 6.69. The highest BCUT2D eigenvalue weighted by Crippen LogP contribution is 2.45. The van der Waals surface area contributed by atoms with Gasteiger partial charge in [-0.2, -0.15) is 0 Å². The Bertz CT molecular complexity index is 435. The summed E-state index contributed by atoms with van der Waals surface area (Å²) in [6.45, 7) is 0. The van der Waals surface area contributed by atoms with E-state index in [0.29, 0.717) is 12.8 Å². The number of carboxylic acids is 1. The molecule has 0 aliphatic carbocycles. The molecule has 0 bridgehead atoms. The van der Waals surface area contributed by atoms with E-state index in [1.165, 1.54) is 0 Å². The molecule has 1 rings (SSSR count). The Morgan fingerprint density at radius 1 is 1.33 bits per heavy atom. The van der Waals surface area contributed by atoms with Gasteiger partial charge in [0.05, 0.1) is 12.2 Å². The van der Waals surface area contributed by atoms with E-state index in [0.717, 1.165) is 5.56 Å². The molecule has 0 spiro atoms. The lowest BCUT2D eigenvalue weighted by atomic mass is 10.1. The molecule has 5 nitrogen and oxygen atoms in total. The summed E-state index contributed by atoms with van der Waals surface area (Å²) in [5, 5.41) is 8.49. The lowest BCUT2D eigenvalue weighted by Gasteiger charge is -2.18. The molecule has 1 aromatic rings. The zero-order valence-corrected chi connectivity index (χ0v) is 10.9. The maximum absolute atomic E-state index is 11.8. The first-order valence-electron chi connectivity index (χ1n) is 5.74. The molecule has 0 fully saturated rings. The van der Waals surface area contributed by atoms with Crippen molar-refractivity contribution >= 4 is 13.3 Å². The fourth-order valence-corrected chi connectivity index (χ4v) is 2.96. The van der Waals surface area contributed by atoms with Crippen LogP contribution in [-0.2, 0) is 15.8 Å². The van der Waals surface area contributed by atoms with E-state index in [4.69, 9.17) is 10.8 Å². The van der Waals surface area contributed by atoms with Crippen molar-refractivity contribution in [2.24, 2.45) is 5.73 Å². The molecule has 0 heterocycles. The van der Waals surface area contributed by atoms with Gasteiger partial charge in [0.2, 0.25) is 7.37 Å². The van der Waals surface area contributed by atoms with E-state index in [2.05, 4.69) is 0 Å². The van der Waals surface area contributed by atoms with Gasteiger partial charge >= 0.3 is 5.97 Å². The molecule has 0 radical (unpaired) electrons. The first kappa shape index (κ1) is 14.9. The zero-order chi connectivity index (χ0) is 13.6. The summed E-state index contributed by atoms with van der Waals surface area (Å²) in [6, 6.07) is 9.53. The minimum absolute atomic E-state index is 0.266. The third kappa shape index (κ3) is 5.00. The molecular weight excluding hydrogens is 253 g/mol. The Hall–Kier alpha value is -1.16. The Labute approximate surface area is 106 Å². The highest BCUT2D eigenvalue weighted by Gasteiger charge is 2.27. The van der Waals surface area contributed by atoms with Crippen LogP contribution >= 0.6 is 7.37 Å². The number of nitrogens with two attached hydrogens (primary N) is 1. The van der Waals surface area contributed by atoms with E-state index in [1.807, 2.05) is 30.3 Å². The van der Waals surface area contributed by atoms with Crippen LogP contribution in [0, 0.1) is 0 Å². The van der Waals surface area contributed by atoms with E-state index in [1.54, 1.807) is 0 Å². The normalized spacial score (nSPS) is 15.9. The molecule has 6 heteroatoms. The Morgan fingerprint density at radius 2 is 1.94 bits per heavy atom. The van der Waals surface area contributed by atoms with Crippen molar-refractivity contribution in [3.05, 3.63) is 35.9 Å². The van der Waals surface area contributed by atoms with Gasteiger partial charge in [-0.25, -0.2) is 0 Å². The summed E-state index contributed by atoms with van der Waals surface area (Å²) in [7, 11) is -3.58. The van der Waals surface area contributed by atoms with Gasteiger partial charge in [-0.05, 0) is 18.4 Å². The summed E-state index contributed by atoms with van der Waals surface area (Å²) < 4.78 is 11.8. The monoisotopic (exact) mass is 271 g/mol. The van der Waals surface area contributed by atoms with Gasteiger partial charge in [0, 0.05) is 6.16 Å². The van der Waals surface area contributed by atoms with Crippen LogP contribution in [0.4, 0.5) is 0 Å². The van der Waals surface area contributed by atoms with Gasteiger partial charge in [0.15, 0.2) is 0 Å². The molecule has 0 saturated carbocycles. The Balaban J connectivity index is 2.46. The Morgan fingerprint density at radius 3 is 2.50 bits per heavy atom. The maximum atomic E-state index is 11.8. The summed E-state index contributed by atoms with van der Waals surface area (Å²) in [5.41, 5.74) is 6.73. The van der Waals surface area contributed by atoms with Crippen molar-refractivity contribution in [2.45, 2.75) is 25.0 Å². The van der Waals surface area contributed by atoms with Crippen LogP contribution in [0.5, 0.6) is 0 Å². The van der Waals surface area contributed by atoms with Gasteiger partial charge in [-0.1, -0.05) is 30.3 Å². The third-order valence-corrected chi connectivity index (χ3v) is 4.89. The van der Waals surface area contributed by atoms with E-state index >= 15 is 0 Å². The predicted molar refractivity (Wildman–Crippen MR) is 69.7 cm³/mol. The van der Waals surface area contributed by atoms with Gasteiger partial charge < -0.3 is 15.7 Å². The maximum Gasteiger partial charge on any atom is 0.303 e. The summed E-state index contributed by atoms with van der Waals surface area (Å²) in [4.78, 5) is 20.1. The Kier molecular flexibility index (Phi) is 5.54. The molecule has 2 atom stereocenters. The molecule has 0 amide bonds. The summed E-state index contributed by atoms with van der Waals surface area (Å²) in [6.07, 6.45) is 0.391. The predicted octanol–water partition coefficient (Wildman–Crippen LogP) is 1.65. The van der Waals surface area contributed by atoms with Gasteiger partial charge in [-0.3, -0.25) is 9.36 Å². The fourth-order valence-electron chi connectivity index (χ4n) is 1.58. The van der Waals surface area contributed by atoms with Crippen LogP contribution in [0.3, 0.4) is 0 Å². The minimum Gasteiger partial charge on any atom is -0.481 e. The topological polar surface area (TPSA) is 101 Å². The van der Waals surface area contributed by atoms with Crippen molar-refractivity contribution in [2.75, 3.05) is 6.16 Å². The lowest BCUT2D eigenvalue weighted by molar-refractivity contribution is -0.136. The van der Waals surface area contributed by atoms with Gasteiger partial charge in [0.1, 0.15) is 0 Å². The molecule has 18 heavy (non-hydrogen) atoms. The third-order valence-electron chi connectivity index (χ3n) is 2.74. The first-order valence-corrected chi connectivity index (χ1v) is 7.66. The number of hydrogen-bond acceptors (Lipinski definition) is 3. The largest absolute Gasteiger partial charge is 0.481 e. The quantitative estimate of drug-likeness (QED) is 0.654. The van der Waals surface area contributed by atoms with Gasteiger partial charge in [-0.15, -0.1) is 0 Å². The summed E-state index contributed by atoms with van der Waals surface area (Å²) in [5.74, 6) is -1.95. The number of benzene rings is 1. The van der Waals surface area contributed by atoms with Crippen LogP contribution in [0.15, 0.2) is 30.3 Å². The summed E-state index contributed by atoms with van der Waals surface area (Å²) >= 11 is 0. The van der Waals surface area contributed by atoms with Crippen LogP contribution in [0.2, 0.25) is 0 Å². The molecule has 1 aromatic carbocycles. The number of rotatable bonds is 7. The molecule has 4 N–H and O–H groups in total. The second-order valence-electron chi connectivity index (χ2n) is 4.21. The molecule has 0 aliphatic heterocycles. The first-order chi connectivity index (χ1) is 8.42. The number of carbonyl (C=O) groups is 1. The molecular formula is C12H18NO4P. The average Bonchev–Trinajstić information content (AvgIpc) is 2.35. The number of aliphatic carboxylic acids is 1. The molecule has 0 saturated heterocycles. The van der Waals surface area contributed by atoms with E-state index in [-0.39, 0.29) is 12.6 Å². The second-order valence-corrected chi connectivity index (χ2v) is 6.84. The molecule has 1 unspecified atom stereocenters. The zero-order valence-electron chi connectivity index (χ0n) is 10.0. The van der Waals surface area contributed by atoms with Gasteiger partial charge in [0.25, 0.3) is 0 Å². The molecule has 0 aliphatic rings. The molecule has 0 aromatic heterocycles. The van der Waals surface area contributed by atoms with Crippen molar-refractivity contribution < 1.29 is 19.4 Å². The fraction of sp³-hybridized carbons (Fsp3) is 0.417. The molecule has 100 valence electrons. The minimum atomic E-state index is -3.58. The van der Waals surface area contributed by atoms with Crippen LogP contribution < -0.4 is 5.73 Å². The number of hydrogen-bond donors (Lipinski definition) is 3. The van der Waals surface area contributed by atoms with Crippen LogP contribution in [0.25, 0.3) is 0 Å². The van der Waals surface area contributed by atoms with Crippen molar-refractivity contribution in [1.29, 1.82) is 0 Å². The number of aryl methyl sites for hydroxylation is 1. The lowest BCUT2D eigenvalue weighted by Crippen LogP contribution is -2.23. The smallest absolute Gasteiger partial charge is 0.303 e. The van der Waals surface area contributed by atoms with Crippen molar-refractivity contribution in [3.8, 4) is 0 Å². The van der Waals surface area contributed by atoms with E-state index < -0.39 is 19.1 Å². The van der Waals surface area contributed by atoms with Crippen molar-refractivity contribution in [3.63, 3.8) is 0 Å². The average molecular weight is 271 g/mol.